The van der Waals surface area contributed by atoms with Crippen molar-refractivity contribution in [1.29, 1.82) is 0 Å². The van der Waals surface area contributed by atoms with Crippen LogP contribution in [0.5, 0.6) is 17.2 Å². The lowest BCUT2D eigenvalue weighted by Crippen LogP contribution is -2.42. The number of amides is 2. The summed E-state index contributed by atoms with van der Waals surface area (Å²) in [6.07, 6.45) is 0. The van der Waals surface area contributed by atoms with Crippen molar-refractivity contribution in [3.8, 4) is 17.2 Å². The van der Waals surface area contributed by atoms with Gasteiger partial charge in [-0.1, -0.05) is 23.7 Å². The van der Waals surface area contributed by atoms with Gasteiger partial charge in [0.25, 0.3) is 0 Å². The molecule has 1 aliphatic rings. The first-order valence-corrected chi connectivity index (χ1v) is 11.5. The van der Waals surface area contributed by atoms with Crippen LogP contribution in [-0.4, -0.2) is 64.4 Å². The highest BCUT2D eigenvalue weighted by atomic mass is 35.5. The fourth-order valence-corrected chi connectivity index (χ4v) is 3.71. The average molecular weight is 500 g/mol. The van der Waals surface area contributed by atoms with Crippen LogP contribution in [0.2, 0.25) is 5.02 Å². The summed E-state index contributed by atoms with van der Waals surface area (Å²) in [5.74, 6) is 1.90. The largest absolute Gasteiger partial charge is 0.487 e. The lowest BCUT2D eigenvalue weighted by molar-refractivity contribution is -0.136. The Morgan fingerprint density at radius 3 is 2.66 bits per heavy atom. The van der Waals surface area contributed by atoms with Crippen LogP contribution >= 0.6 is 11.6 Å². The van der Waals surface area contributed by atoms with Gasteiger partial charge in [0.1, 0.15) is 31.3 Å². The van der Waals surface area contributed by atoms with Gasteiger partial charge >= 0.3 is 0 Å². The predicted molar refractivity (Wildman–Crippen MR) is 129 cm³/mol. The Morgan fingerprint density at radius 1 is 1.09 bits per heavy atom. The van der Waals surface area contributed by atoms with Crippen molar-refractivity contribution in [1.82, 2.24) is 19.7 Å². The van der Waals surface area contributed by atoms with Crippen molar-refractivity contribution in [2.24, 2.45) is 0 Å². The Balaban J connectivity index is 1.57. The molecule has 0 unspecified atom stereocenters. The number of benzene rings is 2. The molecular weight excluding hydrogens is 474 g/mol. The lowest BCUT2D eigenvalue weighted by Gasteiger charge is -2.22. The van der Waals surface area contributed by atoms with E-state index in [1.54, 1.807) is 44.2 Å². The molecule has 0 aliphatic carbocycles. The van der Waals surface area contributed by atoms with E-state index in [9.17, 15) is 9.59 Å². The van der Waals surface area contributed by atoms with Gasteiger partial charge < -0.3 is 24.4 Å². The van der Waals surface area contributed by atoms with E-state index in [4.69, 9.17) is 25.8 Å². The molecule has 0 saturated heterocycles. The number of nitrogens with zero attached hydrogens (tertiary/aromatic N) is 4. The summed E-state index contributed by atoms with van der Waals surface area (Å²) >= 11 is 6.18. The molecule has 0 saturated carbocycles. The number of para-hydroxylation sites is 2. The number of halogens is 1. The minimum Gasteiger partial charge on any atom is -0.487 e. The molecule has 4 rings (SSSR count). The maximum atomic E-state index is 13.0. The number of aromatic nitrogens is 3. The number of carbonyl (C=O) groups is 2. The Kier molecular flexibility index (Phi) is 7.84. The second-order valence-electron chi connectivity index (χ2n) is 7.88. The van der Waals surface area contributed by atoms with Crippen molar-refractivity contribution in [2.45, 2.75) is 20.4 Å². The maximum Gasteiger partial charge on any atom is 0.244 e. The van der Waals surface area contributed by atoms with Crippen molar-refractivity contribution in [2.75, 3.05) is 38.2 Å². The average Bonchev–Trinajstić information content (AvgIpc) is 3.13. The lowest BCUT2D eigenvalue weighted by atomic mass is 10.2. The van der Waals surface area contributed by atoms with Crippen molar-refractivity contribution < 1.29 is 23.8 Å². The summed E-state index contributed by atoms with van der Waals surface area (Å²) in [7, 11) is 0. The molecule has 1 aromatic heterocycles. The van der Waals surface area contributed by atoms with Crippen LogP contribution in [0.4, 0.5) is 5.69 Å². The van der Waals surface area contributed by atoms with Crippen LogP contribution in [0.25, 0.3) is 0 Å². The SMILES string of the molecule is Cc1nc(C)n(CC(=O)N2CCOCCOc3ccccc3Oc3ccc(Cl)cc3NC(=O)C2)n1. The van der Waals surface area contributed by atoms with Gasteiger partial charge in [0.05, 0.1) is 18.9 Å². The third kappa shape index (κ3) is 6.49. The first-order valence-electron chi connectivity index (χ1n) is 11.1. The van der Waals surface area contributed by atoms with Crippen LogP contribution in [0.1, 0.15) is 11.6 Å². The molecule has 11 heteroatoms. The van der Waals surface area contributed by atoms with Crippen LogP contribution < -0.4 is 14.8 Å². The van der Waals surface area contributed by atoms with Crippen LogP contribution in [0.3, 0.4) is 0 Å². The molecule has 2 amide bonds. The Bertz CT molecular complexity index is 1210. The molecule has 2 heterocycles. The highest BCUT2D eigenvalue weighted by Crippen LogP contribution is 2.36. The van der Waals surface area contributed by atoms with Crippen LogP contribution in [0, 0.1) is 13.8 Å². The molecule has 10 nitrogen and oxygen atoms in total. The quantitative estimate of drug-likeness (QED) is 0.576. The summed E-state index contributed by atoms with van der Waals surface area (Å²) in [5, 5.41) is 7.47. The van der Waals surface area contributed by atoms with E-state index in [0.717, 1.165) is 0 Å². The number of aryl methyl sites for hydroxylation is 2. The highest BCUT2D eigenvalue weighted by molar-refractivity contribution is 6.31. The number of rotatable bonds is 2. The molecule has 3 aromatic rings. The predicted octanol–water partition coefficient (Wildman–Crippen LogP) is 3.22. The van der Waals surface area contributed by atoms with Crippen LogP contribution in [0.15, 0.2) is 42.5 Å². The van der Waals surface area contributed by atoms with Crippen molar-refractivity contribution in [3.63, 3.8) is 0 Å². The number of ether oxygens (including phenoxy) is 3. The molecule has 2 aromatic carbocycles. The molecule has 1 aliphatic heterocycles. The van der Waals surface area contributed by atoms with Gasteiger partial charge in [0, 0.05) is 11.6 Å². The molecule has 35 heavy (non-hydrogen) atoms. The number of nitrogens with one attached hydrogen (secondary N) is 1. The number of fused-ring (bicyclic) bond motifs is 2. The van der Waals surface area contributed by atoms with E-state index in [1.165, 1.54) is 9.58 Å². The maximum absolute atomic E-state index is 13.0. The van der Waals surface area contributed by atoms with Gasteiger partial charge in [-0.05, 0) is 44.2 Å². The molecule has 0 spiro atoms. The minimum atomic E-state index is -0.406. The molecule has 1 N–H and O–H groups in total. The summed E-state index contributed by atoms with van der Waals surface area (Å²) in [4.78, 5) is 31.7. The highest BCUT2D eigenvalue weighted by Gasteiger charge is 2.21. The second kappa shape index (κ2) is 11.2. The zero-order chi connectivity index (χ0) is 24.8. The molecule has 184 valence electrons. The number of anilines is 1. The fourth-order valence-electron chi connectivity index (χ4n) is 3.54. The van der Waals surface area contributed by atoms with E-state index < -0.39 is 5.91 Å². The Hall–Kier alpha value is -3.63. The number of hydrogen-bond acceptors (Lipinski definition) is 7. The van der Waals surface area contributed by atoms with Crippen molar-refractivity contribution in [3.05, 3.63) is 59.1 Å². The summed E-state index contributed by atoms with van der Waals surface area (Å²) < 4.78 is 19.0. The normalized spacial score (nSPS) is 14.9. The number of carbonyl (C=O) groups excluding carboxylic acids is 2. The van der Waals surface area contributed by atoms with Gasteiger partial charge in [-0.25, -0.2) is 9.67 Å². The molecule has 0 bridgehead atoms. The van der Waals surface area contributed by atoms with E-state index in [2.05, 4.69) is 15.4 Å². The molecule has 0 radical (unpaired) electrons. The summed E-state index contributed by atoms with van der Waals surface area (Å²) in [6, 6.07) is 12.1. The zero-order valence-corrected chi connectivity index (χ0v) is 20.2. The standard InChI is InChI=1S/C24H26ClN5O5/c1-16-26-17(2)30(28-16)15-24(32)29-9-10-33-11-12-34-21-5-3-4-6-22(21)35-20-8-7-18(25)13-19(20)27-23(31)14-29/h3-8,13H,9-12,14-15H2,1-2H3,(H,27,31). The summed E-state index contributed by atoms with van der Waals surface area (Å²) in [5.41, 5.74) is 0.374. The third-order valence-corrected chi connectivity index (χ3v) is 5.45. The summed E-state index contributed by atoms with van der Waals surface area (Å²) in [6.45, 7) is 4.34. The van der Waals surface area contributed by atoms with Gasteiger partial charge in [-0.15, -0.1) is 0 Å². The molecule has 0 atom stereocenters. The Morgan fingerprint density at radius 2 is 1.89 bits per heavy atom. The van der Waals surface area contributed by atoms with Gasteiger partial charge in [0.15, 0.2) is 17.2 Å². The van der Waals surface area contributed by atoms with Gasteiger partial charge in [-0.2, -0.15) is 5.10 Å². The van der Waals surface area contributed by atoms with Gasteiger partial charge in [0.2, 0.25) is 11.8 Å². The minimum absolute atomic E-state index is 0.0378. The van der Waals surface area contributed by atoms with E-state index in [1.807, 2.05) is 12.1 Å². The van der Waals surface area contributed by atoms with Gasteiger partial charge in [-0.3, -0.25) is 9.59 Å². The Labute approximate surface area is 207 Å². The topological polar surface area (TPSA) is 108 Å². The van der Waals surface area contributed by atoms with E-state index >= 15 is 0 Å². The third-order valence-electron chi connectivity index (χ3n) is 5.21. The monoisotopic (exact) mass is 499 g/mol. The van der Waals surface area contributed by atoms with Crippen molar-refractivity contribution >= 4 is 29.1 Å². The van der Waals surface area contributed by atoms with E-state index in [0.29, 0.717) is 46.2 Å². The smallest absolute Gasteiger partial charge is 0.244 e. The van der Waals surface area contributed by atoms with E-state index in [-0.39, 0.29) is 38.8 Å². The molecular formula is C24H26ClN5O5. The zero-order valence-electron chi connectivity index (χ0n) is 19.5. The van der Waals surface area contributed by atoms with Crippen LogP contribution in [-0.2, 0) is 20.9 Å². The first-order chi connectivity index (χ1) is 16.9. The number of hydrogen-bond donors (Lipinski definition) is 1. The second-order valence-corrected chi connectivity index (χ2v) is 8.31. The molecule has 0 fully saturated rings. The fraction of sp³-hybridized carbons (Fsp3) is 0.333. The first kappa shape index (κ1) is 24.5.